The second kappa shape index (κ2) is 5.98. The van der Waals surface area contributed by atoms with Crippen LogP contribution in [0.3, 0.4) is 0 Å². The number of nitrogens with zero attached hydrogens (tertiary/aromatic N) is 3. The first-order chi connectivity index (χ1) is 9.45. The van der Waals surface area contributed by atoms with E-state index in [0.29, 0.717) is 17.9 Å². The molecule has 2 rings (SSSR count). The largest absolute Gasteiger partial charge is 0.373 e. The fraction of sp³-hybridized carbons (Fsp3) is 0.750. The van der Waals surface area contributed by atoms with Crippen molar-refractivity contribution in [3.8, 4) is 0 Å². The summed E-state index contributed by atoms with van der Waals surface area (Å²) >= 11 is 0. The van der Waals surface area contributed by atoms with Crippen molar-refractivity contribution in [2.75, 3.05) is 23.8 Å². The fourth-order valence-electron chi connectivity index (χ4n) is 3.05. The first-order valence-corrected chi connectivity index (χ1v) is 7.78. The van der Waals surface area contributed by atoms with E-state index >= 15 is 0 Å². The Kier molecular flexibility index (Phi) is 4.51. The number of aromatic nitrogens is 2. The second-order valence-corrected chi connectivity index (χ2v) is 6.43. The van der Waals surface area contributed by atoms with E-state index in [9.17, 15) is 0 Å². The average Bonchev–Trinajstić information content (AvgIpc) is 2.87. The smallest absolute Gasteiger partial charge is 0.137 e. The van der Waals surface area contributed by atoms with Gasteiger partial charge in [-0.2, -0.15) is 0 Å². The van der Waals surface area contributed by atoms with Crippen LogP contribution in [0.1, 0.15) is 57.8 Å². The van der Waals surface area contributed by atoms with Crippen LogP contribution < -0.4 is 10.2 Å². The Morgan fingerprint density at radius 1 is 1.20 bits per heavy atom. The van der Waals surface area contributed by atoms with Gasteiger partial charge in [-0.15, -0.1) is 0 Å². The van der Waals surface area contributed by atoms with E-state index in [0.717, 1.165) is 24.0 Å². The molecule has 1 aromatic heterocycles. The van der Waals surface area contributed by atoms with Gasteiger partial charge in [0.25, 0.3) is 0 Å². The maximum atomic E-state index is 4.87. The van der Waals surface area contributed by atoms with Gasteiger partial charge < -0.3 is 10.2 Å². The molecule has 0 bridgehead atoms. The third kappa shape index (κ3) is 2.74. The number of hydrogen-bond acceptors (Lipinski definition) is 4. The zero-order chi connectivity index (χ0) is 14.9. The summed E-state index contributed by atoms with van der Waals surface area (Å²) in [5.41, 5.74) is 1.17. The lowest BCUT2D eigenvalue weighted by atomic mass is 10.0. The molecule has 1 unspecified atom stereocenters. The standard InChI is InChI=1S/C16H28N4/c1-10(2)13-8-7-9-20(13)16-12(5)15(17-6)18-14(19-16)11(3)4/h10-11,13H,7-9H2,1-6H3,(H,17,18,19). The summed E-state index contributed by atoms with van der Waals surface area (Å²) in [5.74, 6) is 4.04. The van der Waals surface area contributed by atoms with Crippen molar-refractivity contribution < 1.29 is 0 Å². The van der Waals surface area contributed by atoms with E-state index in [-0.39, 0.29) is 0 Å². The van der Waals surface area contributed by atoms with Crippen molar-refractivity contribution in [3.63, 3.8) is 0 Å². The third-order valence-electron chi connectivity index (χ3n) is 4.23. The predicted octanol–water partition coefficient (Wildman–Crippen LogP) is 3.57. The summed E-state index contributed by atoms with van der Waals surface area (Å²) in [6, 6.07) is 0.605. The Bertz CT molecular complexity index is 468. The molecule has 4 heteroatoms. The van der Waals surface area contributed by atoms with Crippen molar-refractivity contribution in [3.05, 3.63) is 11.4 Å². The first-order valence-electron chi connectivity index (χ1n) is 7.78. The van der Waals surface area contributed by atoms with Crippen molar-refractivity contribution >= 4 is 11.6 Å². The van der Waals surface area contributed by atoms with Gasteiger partial charge in [0.1, 0.15) is 17.5 Å². The normalized spacial score (nSPS) is 19.2. The summed E-state index contributed by atoms with van der Waals surface area (Å²) in [4.78, 5) is 12.0. The van der Waals surface area contributed by atoms with Crippen LogP contribution in [0, 0.1) is 12.8 Å². The molecule has 4 nitrogen and oxygen atoms in total. The Morgan fingerprint density at radius 3 is 2.45 bits per heavy atom. The van der Waals surface area contributed by atoms with Crippen molar-refractivity contribution in [2.45, 2.75) is 59.4 Å². The van der Waals surface area contributed by atoms with Crippen LogP contribution in [0.2, 0.25) is 0 Å². The van der Waals surface area contributed by atoms with Gasteiger partial charge in [-0.05, 0) is 25.7 Å². The molecule has 1 atom stereocenters. The number of hydrogen-bond donors (Lipinski definition) is 1. The maximum absolute atomic E-state index is 4.87. The summed E-state index contributed by atoms with van der Waals surface area (Å²) in [6.07, 6.45) is 2.53. The molecule has 2 heterocycles. The van der Waals surface area contributed by atoms with E-state index in [1.165, 1.54) is 18.4 Å². The molecule has 1 aliphatic rings. The molecule has 0 radical (unpaired) electrons. The van der Waals surface area contributed by atoms with E-state index in [1.807, 2.05) is 7.05 Å². The molecule has 1 saturated heterocycles. The lowest BCUT2D eigenvalue weighted by Gasteiger charge is -2.30. The molecule has 0 spiro atoms. The van der Waals surface area contributed by atoms with Crippen molar-refractivity contribution in [1.29, 1.82) is 0 Å². The topological polar surface area (TPSA) is 41.1 Å². The van der Waals surface area contributed by atoms with Crippen LogP contribution in [-0.2, 0) is 0 Å². The van der Waals surface area contributed by atoms with Crippen molar-refractivity contribution in [1.82, 2.24) is 9.97 Å². The summed E-state index contributed by atoms with van der Waals surface area (Å²) in [5, 5.41) is 3.22. The zero-order valence-corrected chi connectivity index (χ0v) is 13.7. The molecule has 0 amide bonds. The van der Waals surface area contributed by atoms with Gasteiger partial charge in [0, 0.05) is 31.1 Å². The van der Waals surface area contributed by atoms with Crippen LogP contribution in [0.25, 0.3) is 0 Å². The number of rotatable bonds is 4. The van der Waals surface area contributed by atoms with Crippen molar-refractivity contribution in [2.24, 2.45) is 5.92 Å². The van der Waals surface area contributed by atoms with E-state index in [2.05, 4.69) is 49.8 Å². The molecule has 1 aliphatic heterocycles. The highest BCUT2D eigenvalue weighted by Gasteiger charge is 2.30. The summed E-state index contributed by atoms with van der Waals surface area (Å²) < 4.78 is 0. The molecule has 0 saturated carbocycles. The van der Waals surface area contributed by atoms with Crippen LogP contribution in [-0.4, -0.2) is 29.6 Å². The Morgan fingerprint density at radius 2 is 1.90 bits per heavy atom. The summed E-state index contributed by atoms with van der Waals surface area (Å²) in [7, 11) is 1.94. The SMILES string of the molecule is CNc1nc(C(C)C)nc(N2CCCC2C(C)C)c1C. The second-order valence-electron chi connectivity index (χ2n) is 6.43. The van der Waals surface area contributed by atoms with E-state index < -0.39 is 0 Å². The molecule has 1 N–H and O–H groups in total. The monoisotopic (exact) mass is 276 g/mol. The van der Waals surface area contributed by atoms with Gasteiger partial charge in [-0.3, -0.25) is 0 Å². The van der Waals surface area contributed by atoms with Gasteiger partial charge in [-0.25, -0.2) is 9.97 Å². The Hall–Kier alpha value is -1.32. The number of anilines is 2. The quantitative estimate of drug-likeness (QED) is 0.912. The van der Waals surface area contributed by atoms with E-state index in [1.54, 1.807) is 0 Å². The Balaban J connectivity index is 2.46. The first kappa shape index (κ1) is 15.1. The lowest BCUT2D eigenvalue weighted by Crippen LogP contribution is -2.35. The predicted molar refractivity (Wildman–Crippen MR) is 85.6 cm³/mol. The molecule has 20 heavy (non-hydrogen) atoms. The molecule has 0 aromatic carbocycles. The molecular weight excluding hydrogens is 248 g/mol. The molecule has 1 fully saturated rings. The molecule has 0 aliphatic carbocycles. The highest BCUT2D eigenvalue weighted by atomic mass is 15.2. The van der Waals surface area contributed by atoms with Gasteiger partial charge in [0.15, 0.2) is 0 Å². The highest BCUT2D eigenvalue weighted by Crippen LogP contribution is 2.33. The highest BCUT2D eigenvalue weighted by molar-refractivity contribution is 5.59. The van der Waals surface area contributed by atoms with E-state index in [4.69, 9.17) is 4.98 Å². The molecule has 1 aromatic rings. The summed E-state index contributed by atoms with van der Waals surface area (Å²) in [6.45, 7) is 12.2. The average molecular weight is 276 g/mol. The van der Waals surface area contributed by atoms with Gasteiger partial charge in [0.05, 0.1) is 0 Å². The van der Waals surface area contributed by atoms with Gasteiger partial charge in [-0.1, -0.05) is 27.7 Å². The lowest BCUT2D eigenvalue weighted by molar-refractivity contribution is 0.488. The minimum absolute atomic E-state index is 0.349. The van der Waals surface area contributed by atoms with Crippen LogP contribution in [0.15, 0.2) is 0 Å². The molecular formula is C16H28N4. The molecule has 112 valence electrons. The minimum atomic E-state index is 0.349. The van der Waals surface area contributed by atoms with Crippen LogP contribution in [0.4, 0.5) is 11.6 Å². The van der Waals surface area contributed by atoms with Crippen LogP contribution in [0.5, 0.6) is 0 Å². The van der Waals surface area contributed by atoms with Gasteiger partial charge >= 0.3 is 0 Å². The van der Waals surface area contributed by atoms with Crippen LogP contribution >= 0.6 is 0 Å². The number of nitrogens with one attached hydrogen (secondary N) is 1. The fourth-order valence-corrected chi connectivity index (χ4v) is 3.05. The Labute approximate surface area is 123 Å². The maximum Gasteiger partial charge on any atom is 0.137 e. The third-order valence-corrected chi connectivity index (χ3v) is 4.23. The minimum Gasteiger partial charge on any atom is -0.373 e. The van der Waals surface area contributed by atoms with Gasteiger partial charge in [0.2, 0.25) is 0 Å². The zero-order valence-electron chi connectivity index (χ0n) is 13.7.